The lowest BCUT2D eigenvalue weighted by atomic mass is 10.1. The Morgan fingerprint density at radius 3 is 2.66 bits per heavy atom. The smallest absolute Gasteiger partial charge is 0.387 e. The van der Waals surface area contributed by atoms with E-state index in [4.69, 9.17) is 9.90 Å². The standard InChI is InChI=1S/C18H22F2N4O2.CH2O2/c1-11-8-16(21-12-4-3-7-24(2)10-12)22-23-17(11)14-6-5-13(9-15(14)25)26-18(19)20;2-1-3/h5-6,8-9,12,18,25H,3-4,7,10H2,1-2H3,(H,21,22);1H,(H,2,3). The maximum absolute atomic E-state index is 12.3. The third-order valence-corrected chi connectivity index (χ3v) is 4.41. The Labute approximate surface area is 167 Å². The number of phenols is 1. The fourth-order valence-corrected chi connectivity index (χ4v) is 3.20. The largest absolute Gasteiger partial charge is 0.507 e. The van der Waals surface area contributed by atoms with Crippen LogP contribution in [0.3, 0.4) is 0 Å². The zero-order valence-corrected chi connectivity index (χ0v) is 16.2. The number of nitrogens with zero attached hydrogens (tertiary/aromatic N) is 3. The van der Waals surface area contributed by atoms with Crippen LogP contribution in [0, 0.1) is 6.92 Å². The third-order valence-electron chi connectivity index (χ3n) is 4.41. The quantitative estimate of drug-likeness (QED) is 0.646. The van der Waals surface area contributed by atoms with Crippen LogP contribution in [0.1, 0.15) is 18.4 Å². The van der Waals surface area contributed by atoms with Gasteiger partial charge in [-0.15, -0.1) is 10.2 Å². The Kier molecular flexibility index (Phi) is 8.08. The van der Waals surface area contributed by atoms with E-state index in [1.807, 2.05) is 13.0 Å². The third kappa shape index (κ3) is 6.53. The van der Waals surface area contributed by atoms with Crippen molar-refractivity contribution >= 4 is 12.3 Å². The molecule has 0 saturated carbocycles. The Morgan fingerprint density at radius 2 is 2.07 bits per heavy atom. The Bertz CT molecular complexity index is 823. The summed E-state index contributed by atoms with van der Waals surface area (Å²) >= 11 is 0. The number of benzene rings is 1. The summed E-state index contributed by atoms with van der Waals surface area (Å²) in [6, 6.07) is 6.21. The van der Waals surface area contributed by atoms with Crippen LogP contribution in [0.2, 0.25) is 0 Å². The molecule has 0 amide bonds. The number of carbonyl (C=O) groups is 1. The van der Waals surface area contributed by atoms with E-state index in [0.29, 0.717) is 23.1 Å². The first-order valence-corrected chi connectivity index (χ1v) is 8.99. The number of anilines is 1. The topological polar surface area (TPSA) is 108 Å². The SMILES string of the molecule is Cc1cc(NC2CCCN(C)C2)nnc1-c1ccc(OC(F)F)cc1O.O=CO. The number of ether oxygens (including phenoxy) is 1. The molecule has 10 heteroatoms. The number of aromatic hydroxyl groups is 1. The van der Waals surface area contributed by atoms with E-state index in [1.165, 1.54) is 12.1 Å². The van der Waals surface area contributed by atoms with Crippen molar-refractivity contribution in [1.82, 2.24) is 15.1 Å². The van der Waals surface area contributed by atoms with Crippen molar-refractivity contribution < 1.29 is 28.5 Å². The molecule has 0 radical (unpaired) electrons. The molecule has 1 atom stereocenters. The second-order valence-electron chi connectivity index (χ2n) is 6.67. The van der Waals surface area contributed by atoms with E-state index in [9.17, 15) is 13.9 Å². The van der Waals surface area contributed by atoms with Crippen LogP contribution in [0.5, 0.6) is 11.5 Å². The summed E-state index contributed by atoms with van der Waals surface area (Å²) in [6.45, 7) is 0.734. The van der Waals surface area contributed by atoms with Crippen LogP contribution in [0.15, 0.2) is 24.3 Å². The lowest BCUT2D eigenvalue weighted by Crippen LogP contribution is -2.39. The first-order valence-electron chi connectivity index (χ1n) is 8.99. The normalized spacial score (nSPS) is 16.7. The molecule has 3 N–H and O–H groups in total. The molecule has 3 rings (SSSR count). The second kappa shape index (κ2) is 10.5. The molecule has 2 heterocycles. The summed E-state index contributed by atoms with van der Waals surface area (Å²) < 4.78 is 28.8. The van der Waals surface area contributed by atoms with Crippen molar-refractivity contribution in [3.8, 4) is 22.8 Å². The molecular formula is C19H24F2N4O4. The Balaban J connectivity index is 0.000000941. The zero-order chi connectivity index (χ0) is 21.4. The number of halogens is 2. The number of rotatable bonds is 5. The van der Waals surface area contributed by atoms with Gasteiger partial charge >= 0.3 is 6.61 Å². The maximum atomic E-state index is 12.3. The van der Waals surface area contributed by atoms with Crippen molar-refractivity contribution in [3.05, 3.63) is 29.8 Å². The summed E-state index contributed by atoms with van der Waals surface area (Å²) in [7, 11) is 2.10. The van der Waals surface area contributed by atoms with Crippen LogP contribution in [-0.4, -0.2) is 64.6 Å². The fraction of sp³-hybridized carbons (Fsp3) is 0.421. The number of nitrogens with one attached hydrogen (secondary N) is 1. The van der Waals surface area contributed by atoms with Gasteiger partial charge in [0.15, 0.2) is 0 Å². The number of likely N-dealkylation sites (N-methyl/N-ethyl adjacent to an activating group) is 1. The molecular weight excluding hydrogens is 386 g/mol. The molecule has 0 aliphatic carbocycles. The number of piperidine rings is 1. The van der Waals surface area contributed by atoms with E-state index < -0.39 is 6.61 Å². The molecule has 158 valence electrons. The lowest BCUT2D eigenvalue weighted by Gasteiger charge is -2.30. The number of aromatic nitrogens is 2. The van der Waals surface area contributed by atoms with E-state index in [0.717, 1.165) is 37.6 Å². The van der Waals surface area contributed by atoms with Gasteiger partial charge in [0.1, 0.15) is 17.3 Å². The highest BCUT2D eigenvalue weighted by Gasteiger charge is 2.18. The summed E-state index contributed by atoms with van der Waals surface area (Å²) in [6.07, 6.45) is 2.22. The molecule has 2 aromatic rings. The van der Waals surface area contributed by atoms with Crippen molar-refractivity contribution in [3.63, 3.8) is 0 Å². The summed E-state index contributed by atoms with van der Waals surface area (Å²) in [5.41, 5.74) is 1.74. The molecule has 1 aromatic carbocycles. The Morgan fingerprint density at radius 1 is 1.34 bits per heavy atom. The van der Waals surface area contributed by atoms with Gasteiger partial charge in [0.25, 0.3) is 6.47 Å². The highest BCUT2D eigenvalue weighted by atomic mass is 19.3. The average Bonchev–Trinajstić information content (AvgIpc) is 2.63. The van der Waals surface area contributed by atoms with Gasteiger partial charge < -0.3 is 25.2 Å². The van der Waals surface area contributed by atoms with Gasteiger partial charge in [0.2, 0.25) is 0 Å². The second-order valence-corrected chi connectivity index (χ2v) is 6.67. The molecule has 29 heavy (non-hydrogen) atoms. The van der Waals surface area contributed by atoms with Gasteiger partial charge in [-0.1, -0.05) is 0 Å². The number of likely N-dealkylation sites (tertiary alicyclic amines) is 1. The first kappa shape index (κ1) is 22.3. The highest BCUT2D eigenvalue weighted by molar-refractivity contribution is 5.71. The van der Waals surface area contributed by atoms with Crippen molar-refractivity contribution in [1.29, 1.82) is 0 Å². The van der Waals surface area contributed by atoms with Crippen LogP contribution in [0.25, 0.3) is 11.3 Å². The number of phenolic OH excluding ortho intramolecular Hbond substituents is 1. The number of carboxylic acid groups (broad SMARTS) is 1. The lowest BCUT2D eigenvalue weighted by molar-refractivity contribution is -0.122. The minimum Gasteiger partial charge on any atom is -0.507 e. The molecule has 1 fully saturated rings. The van der Waals surface area contributed by atoms with Crippen molar-refractivity contribution in [2.75, 3.05) is 25.5 Å². The maximum Gasteiger partial charge on any atom is 0.387 e. The molecule has 1 unspecified atom stereocenters. The fourth-order valence-electron chi connectivity index (χ4n) is 3.20. The van der Waals surface area contributed by atoms with E-state index in [-0.39, 0.29) is 18.0 Å². The van der Waals surface area contributed by atoms with E-state index in [1.54, 1.807) is 0 Å². The van der Waals surface area contributed by atoms with Crippen LogP contribution in [0.4, 0.5) is 14.6 Å². The minimum absolute atomic E-state index is 0.105. The van der Waals surface area contributed by atoms with E-state index >= 15 is 0 Å². The minimum atomic E-state index is -2.94. The monoisotopic (exact) mass is 410 g/mol. The van der Waals surface area contributed by atoms with Crippen molar-refractivity contribution in [2.24, 2.45) is 0 Å². The summed E-state index contributed by atoms with van der Waals surface area (Å²) in [5.74, 6) is 0.394. The van der Waals surface area contributed by atoms with Crippen LogP contribution >= 0.6 is 0 Å². The predicted octanol–water partition coefficient (Wildman–Crippen LogP) is 2.97. The zero-order valence-electron chi connectivity index (χ0n) is 16.2. The number of hydrogen-bond donors (Lipinski definition) is 3. The predicted molar refractivity (Wildman–Crippen MR) is 103 cm³/mol. The summed E-state index contributed by atoms with van der Waals surface area (Å²) in [5, 5.41) is 28.8. The van der Waals surface area contributed by atoms with Crippen LogP contribution in [-0.2, 0) is 4.79 Å². The number of aryl methyl sites for hydroxylation is 1. The van der Waals surface area contributed by atoms with Gasteiger partial charge in [0.05, 0.1) is 5.69 Å². The molecule has 1 aliphatic rings. The first-order chi connectivity index (χ1) is 13.8. The summed E-state index contributed by atoms with van der Waals surface area (Å²) in [4.78, 5) is 10.6. The number of alkyl halides is 2. The van der Waals surface area contributed by atoms with Gasteiger partial charge in [-0.2, -0.15) is 8.78 Å². The van der Waals surface area contributed by atoms with Gasteiger partial charge in [0, 0.05) is 24.2 Å². The Hall–Kier alpha value is -3.01. The molecule has 1 saturated heterocycles. The molecule has 1 aromatic heterocycles. The molecule has 0 bridgehead atoms. The molecule has 0 spiro atoms. The molecule has 1 aliphatic heterocycles. The highest BCUT2D eigenvalue weighted by Crippen LogP contribution is 2.33. The van der Waals surface area contributed by atoms with Gasteiger partial charge in [-0.3, -0.25) is 4.79 Å². The number of hydrogen-bond acceptors (Lipinski definition) is 7. The van der Waals surface area contributed by atoms with Gasteiger partial charge in [-0.25, -0.2) is 0 Å². The van der Waals surface area contributed by atoms with Crippen LogP contribution < -0.4 is 10.1 Å². The van der Waals surface area contributed by atoms with Gasteiger partial charge in [-0.05, 0) is 57.1 Å². The average molecular weight is 410 g/mol. The van der Waals surface area contributed by atoms with E-state index in [2.05, 4.69) is 32.2 Å². The molecule has 8 nitrogen and oxygen atoms in total. The van der Waals surface area contributed by atoms with Crippen molar-refractivity contribution in [2.45, 2.75) is 32.4 Å².